The van der Waals surface area contributed by atoms with E-state index in [1.165, 1.54) is 38.5 Å². The van der Waals surface area contributed by atoms with Crippen LogP contribution in [0.15, 0.2) is 0 Å². The highest BCUT2D eigenvalue weighted by Crippen LogP contribution is 2.15. The Hall–Kier alpha value is -0.0800. The fourth-order valence-electron chi connectivity index (χ4n) is 1.87. The first kappa shape index (κ1) is 14.9. The molecule has 0 spiro atoms. The first-order chi connectivity index (χ1) is 7.35. The fourth-order valence-corrected chi connectivity index (χ4v) is 1.87. The van der Waals surface area contributed by atoms with Crippen molar-refractivity contribution in [2.75, 3.05) is 27.4 Å². The summed E-state index contributed by atoms with van der Waals surface area (Å²) >= 11 is 0. The van der Waals surface area contributed by atoms with Crippen molar-refractivity contribution in [3.8, 4) is 0 Å². The van der Waals surface area contributed by atoms with Crippen molar-refractivity contribution in [1.29, 1.82) is 0 Å². The van der Waals surface area contributed by atoms with Gasteiger partial charge in [-0.15, -0.1) is 0 Å². The molecule has 92 valence electrons. The number of ether oxygens (including phenoxy) is 2. The van der Waals surface area contributed by atoms with E-state index in [2.05, 4.69) is 6.92 Å². The van der Waals surface area contributed by atoms with Crippen LogP contribution in [0.1, 0.15) is 51.9 Å². The maximum Gasteiger partial charge on any atom is 0.0491 e. The van der Waals surface area contributed by atoms with Gasteiger partial charge >= 0.3 is 0 Å². The summed E-state index contributed by atoms with van der Waals surface area (Å²) in [5.41, 5.74) is 0. The normalized spacial score (nSPS) is 13.0. The summed E-state index contributed by atoms with van der Waals surface area (Å²) < 4.78 is 10.3. The van der Waals surface area contributed by atoms with E-state index in [1.54, 1.807) is 14.2 Å². The molecule has 0 aliphatic rings. The summed E-state index contributed by atoms with van der Waals surface area (Å²) in [5.74, 6) is 0.691. The molecule has 0 bridgehead atoms. The van der Waals surface area contributed by atoms with Gasteiger partial charge in [-0.05, 0) is 18.8 Å². The Bertz CT molecular complexity index is 115. The van der Waals surface area contributed by atoms with Crippen LogP contribution >= 0.6 is 0 Å². The molecule has 2 heteroatoms. The van der Waals surface area contributed by atoms with Gasteiger partial charge in [0.1, 0.15) is 0 Å². The average Bonchev–Trinajstić information content (AvgIpc) is 2.25. The van der Waals surface area contributed by atoms with E-state index in [4.69, 9.17) is 9.47 Å². The van der Waals surface area contributed by atoms with Crippen LogP contribution < -0.4 is 0 Å². The summed E-state index contributed by atoms with van der Waals surface area (Å²) in [6.45, 7) is 4.01. The van der Waals surface area contributed by atoms with Crippen molar-refractivity contribution in [1.82, 2.24) is 0 Å². The van der Waals surface area contributed by atoms with Gasteiger partial charge in [0.05, 0.1) is 0 Å². The van der Waals surface area contributed by atoms with E-state index in [9.17, 15) is 0 Å². The van der Waals surface area contributed by atoms with Gasteiger partial charge in [-0.1, -0.05) is 39.0 Å². The number of hydrogen-bond acceptors (Lipinski definition) is 2. The molecule has 0 aliphatic carbocycles. The van der Waals surface area contributed by atoms with E-state index in [1.807, 2.05) is 0 Å². The zero-order chi connectivity index (χ0) is 11.4. The molecule has 1 atom stereocenters. The summed E-state index contributed by atoms with van der Waals surface area (Å²) in [4.78, 5) is 0. The molecule has 1 unspecified atom stereocenters. The second-order valence-corrected chi connectivity index (χ2v) is 4.31. The lowest BCUT2D eigenvalue weighted by Gasteiger charge is -2.15. The lowest BCUT2D eigenvalue weighted by Crippen LogP contribution is -2.11. The lowest BCUT2D eigenvalue weighted by atomic mass is 9.98. The van der Waals surface area contributed by atoms with Crippen LogP contribution in [-0.2, 0) is 9.47 Å². The SMILES string of the molecule is CCCCCCCC(CCOC)COC. The predicted molar refractivity (Wildman–Crippen MR) is 65.2 cm³/mol. The third kappa shape index (κ3) is 10.2. The maximum absolute atomic E-state index is 5.22. The van der Waals surface area contributed by atoms with E-state index < -0.39 is 0 Å². The van der Waals surface area contributed by atoms with Gasteiger partial charge in [0.2, 0.25) is 0 Å². The molecule has 0 aromatic rings. The molecule has 0 amide bonds. The Morgan fingerprint density at radius 1 is 0.867 bits per heavy atom. The van der Waals surface area contributed by atoms with E-state index >= 15 is 0 Å². The highest BCUT2D eigenvalue weighted by atomic mass is 16.5. The second kappa shape index (κ2) is 12.0. The number of rotatable bonds is 11. The quantitative estimate of drug-likeness (QED) is 0.491. The molecular formula is C13H28O2. The van der Waals surface area contributed by atoms with Crippen LogP contribution in [0.25, 0.3) is 0 Å². The van der Waals surface area contributed by atoms with Gasteiger partial charge in [-0.2, -0.15) is 0 Å². The third-order valence-corrected chi connectivity index (χ3v) is 2.85. The number of methoxy groups -OCH3 is 2. The Morgan fingerprint density at radius 3 is 2.20 bits per heavy atom. The summed E-state index contributed by atoms with van der Waals surface area (Å²) in [6.07, 6.45) is 9.25. The molecular weight excluding hydrogens is 188 g/mol. The molecule has 0 aliphatic heterocycles. The summed E-state index contributed by atoms with van der Waals surface area (Å²) in [5, 5.41) is 0. The molecule has 15 heavy (non-hydrogen) atoms. The maximum atomic E-state index is 5.22. The molecule has 0 saturated heterocycles. The highest BCUT2D eigenvalue weighted by Gasteiger charge is 2.07. The largest absolute Gasteiger partial charge is 0.385 e. The first-order valence-corrected chi connectivity index (χ1v) is 6.33. The van der Waals surface area contributed by atoms with Crippen LogP contribution in [0.2, 0.25) is 0 Å². The van der Waals surface area contributed by atoms with Gasteiger partial charge in [0.15, 0.2) is 0 Å². The molecule has 0 saturated carbocycles. The Labute approximate surface area is 95.3 Å². The zero-order valence-electron chi connectivity index (χ0n) is 10.8. The van der Waals surface area contributed by atoms with E-state index in [0.717, 1.165) is 19.6 Å². The fraction of sp³-hybridized carbons (Fsp3) is 1.00. The van der Waals surface area contributed by atoms with Crippen molar-refractivity contribution in [2.45, 2.75) is 51.9 Å². The van der Waals surface area contributed by atoms with Crippen LogP contribution in [0, 0.1) is 5.92 Å². The van der Waals surface area contributed by atoms with Crippen LogP contribution in [0.5, 0.6) is 0 Å². The molecule has 0 rings (SSSR count). The minimum atomic E-state index is 0.691. The van der Waals surface area contributed by atoms with E-state index in [-0.39, 0.29) is 0 Å². The molecule has 0 radical (unpaired) electrons. The van der Waals surface area contributed by atoms with E-state index in [0.29, 0.717) is 5.92 Å². The van der Waals surface area contributed by atoms with Gasteiger partial charge in [-0.3, -0.25) is 0 Å². The molecule has 0 fully saturated rings. The standard InChI is InChI=1S/C13H28O2/c1-4-5-6-7-8-9-13(12-15-3)10-11-14-2/h13H,4-12H2,1-3H3. The molecule has 2 nitrogen and oxygen atoms in total. The third-order valence-electron chi connectivity index (χ3n) is 2.85. The Morgan fingerprint density at radius 2 is 1.60 bits per heavy atom. The molecule has 0 N–H and O–H groups in total. The van der Waals surface area contributed by atoms with Gasteiger partial charge < -0.3 is 9.47 Å². The molecule has 0 aromatic carbocycles. The van der Waals surface area contributed by atoms with Crippen molar-refractivity contribution in [3.05, 3.63) is 0 Å². The predicted octanol–water partition coefficient (Wildman–Crippen LogP) is 3.65. The van der Waals surface area contributed by atoms with Crippen molar-refractivity contribution in [2.24, 2.45) is 5.92 Å². The van der Waals surface area contributed by atoms with Crippen LogP contribution in [0.3, 0.4) is 0 Å². The topological polar surface area (TPSA) is 18.5 Å². The van der Waals surface area contributed by atoms with Crippen molar-refractivity contribution in [3.63, 3.8) is 0 Å². The van der Waals surface area contributed by atoms with Gasteiger partial charge in [-0.25, -0.2) is 0 Å². The van der Waals surface area contributed by atoms with Crippen LogP contribution in [0.4, 0.5) is 0 Å². The number of hydrogen-bond donors (Lipinski definition) is 0. The lowest BCUT2D eigenvalue weighted by molar-refractivity contribution is 0.112. The van der Waals surface area contributed by atoms with Crippen LogP contribution in [-0.4, -0.2) is 27.4 Å². The minimum absolute atomic E-state index is 0.691. The summed E-state index contributed by atoms with van der Waals surface area (Å²) in [6, 6.07) is 0. The average molecular weight is 216 g/mol. The highest BCUT2D eigenvalue weighted by molar-refractivity contribution is 4.58. The van der Waals surface area contributed by atoms with Crippen molar-refractivity contribution >= 4 is 0 Å². The van der Waals surface area contributed by atoms with Gasteiger partial charge in [0, 0.05) is 27.4 Å². The van der Waals surface area contributed by atoms with Crippen molar-refractivity contribution < 1.29 is 9.47 Å². The summed E-state index contributed by atoms with van der Waals surface area (Å²) in [7, 11) is 3.56. The monoisotopic (exact) mass is 216 g/mol. The Kier molecular flexibility index (Phi) is 11.9. The smallest absolute Gasteiger partial charge is 0.0491 e. The first-order valence-electron chi connectivity index (χ1n) is 6.33. The number of unbranched alkanes of at least 4 members (excludes halogenated alkanes) is 4. The second-order valence-electron chi connectivity index (χ2n) is 4.31. The molecule has 0 heterocycles. The van der Waals surface area contributed by atoms with Gasteiger partial charge in [0.25, 0.3) is 0 Å². The molecule has 0 aromatic heterocycles. The zero-order valence-corrected chi connectivity index (χ0v) is 10.8. The minimum Gasteiger partial charge on any atom is -0.385 e. The Balaban J connectivity index is 3.38.